The zero-order valence-electron chi connectivity index (χ0n) is 22.6. The van der Waals surface area contributed by atoms with Gasteiger partial charge in [0.1, 0.15) is 23.7 Å². The van der Waals surface area contributed by atoms with Crippen LogP contribution in [0.15, 0.2) is 97.2 Å². The molecule has 0 aliphatic carbocycles. The molecule has 4 aromatic rings. The van der Waals surface area contributed by atoms with E-state index in [1.807, 2.05) is 19.9 Å². The number of hydrogen-bond donors (Lipinski definition) is 0. The van der Waals surface area contributed by atoms with Crippen LogP contribution in [0.5, 0.6) is 5.75 Å². The molecule has 0 N–H and O–H groups in total. The van der Waals surface area contributed by atoms with E-state index < -0.39 is 0 Å². The molecule has 0 bridgehead atoms. The maximum Gasteiger partial charge on any atom is 0.342 e. The first-order valence-electron chi connectivity index (χ1n) is 13.5. The number of nitrogens with zero attached hydrogens (tertiary/aromatic N) is 3. The SMILES string of the molecule is CC(C)OC(=O)c1cccnc1N1CCN(Cc2ccc(OCc3ccccc3-c3ccccc3)cc2)CC1. The van der Waals surface area contributed by atoms with Gasteiger partial charge in [-0.3, -0.25) is 4.90 Å². The Hall–Kier alpha value is -4.16. The van der Waals surface area contributed by atoms with Crippen LogP contribution in [0.3, 0.4) is 0 Å². The van der Waals surface area contributed by atoms with Crippen LogP contribution in [0.1, 0.15) is 35.3 Å². The van der Waals surface area contributed by atoms with Gasteiger partial charge in [-0.2, -0.15) is 0 Å². The molecule has 0 unspecified atom stereocenters. The molecule has 1 aliphatic heterocycles. The number of benzene rings is 3. The summed E-state index contributed by atoms with van der Waals surface area (Å²) in [7, 11) is 0. The van der Waals surface area contributed by atoms with Gasteiger partial charge in [0.15, 0.2) is 0 Å². The van der Waals surface area contributed by atoms with Gasteiger partial charge in [-0.05, 0) is 60.4 Å². The van der Waals surface area contributed by atoms with Crippen LogP contribution in [0.4, 0.5) is 5.82 Å². The van der Waals surface area contributed by atoms with E-state index in [1.54, 1.807) is 18.3 Å². The smallest absolute Gasteiger partial charge is 0.342 e. The van der Waals surface area contributed by atoms with Crippen molar-refractivity contribution in [2.75, 3.05) is 31.1 Å². The Morgan fingerprint density at radius 3 is 2.31 bits per heavy atom. The van der Waals surface area contributed by atoms with Gasteiger partial charge in [-0.25, -0.2) is 9.78 Å². The molecular weight excluding hydrogens is 486 g/mol. The third-order valence-electron chi connectivity index (χ3n) is 6.85. The molecule has 5 rings (SSSR count). The minimum absolute atomic E-state index is 0.163. The Balaban J connectivity index is 1.14. The number of pyridine rings is 1. The maximum atomic E-state index is 12.6. The Kier molecular flexibility index (Phi) is 8.54. The molecule has 1 aliphatic rings. The van der Waals surface area contributed by atoms with Gasteiger partial charge >= 0.3 is 5.97 Å². The summed E-state index contributed by atoms with van der Waals surface area (Å²) in [5.74, 6) is 1.25. The molecule has 0 atom stereocenters. The van der Waals surface area contributed by atoms with Gasteiger partial charge in [0.2, 0.25) is 0 Å². The zero-order chi connectivity index (χ0) is 27.0. The van der Waals surface area contributed by atoms with Gasteiger partial charge in [0.05, 0.1) is 6.10 Å². The number of esters is 1. The molecule has 6 heteroatoms. The van der Waals surface area contributed by atoms with E-state index in [-0.39, 0.29) is 12.1 Å². The summed E-state index contributed by atoms with van der Waals surface area (Å²) in [6.07, 6.45) is 1.57. The molecule has 0 amide bonds. The lowest BCUT2D eigenvalue weighted by Crippen LogP contribution is -2.46. The number of rotatable bonds is 9. The van der Waals surface area contributed by atoms with Crippen molar-refractivity contribution in [3.63, 3.8) is 0 Å². The van der Waals surface area contributed by atoms with E-state index in [1.165, 1.54) is 22.3 Å². The van der Waals surface area contributed by atoms with E-state index in [0.29, 0.717) is 18.0 Å². The topological polar surface area (TPSA) is 54.9 Å². The first-order valence-corrected chi connectivity index (χ1v) is 13.5. The summed E-state index contributed by atoms with van der Waals surface area (Å²) in [5.41, 5.74) is 5.34. The van der Waals surface area contributed by atoms with Crippen LogP contribution in [0, 0.1) is 0 Å². The summed E-state index contributed by atoms with van der Waals surface area (Å²) in [5, 5.41) is 0. The number of ether oxygens (including phenoxy) is 2. The van der Waals surface area contributed by atoms with Gasteiger partial charge in [-0.1, -0.05) is 66.7 Å². The zero-order valence-corrected chi connectivity index (χ0v) is 22.6. The van der Waals surface area contributed by atoms with Crippen molar-refractivity contribution in [2.24, 2.45) is 0 Å². The summed E-state index contributed by atoms with van der Waals surface area (Å²) < 4.78 is 11.6. The van der Waals surface area contributed by atoms with Crippen molar-refractivity contribution in [3.05, 3.63) is 114 Å². The third-order valence-corrected chi connectivity index (χ3v) is 6.85. The van der Waals surface area contributed by atoms with Crippen LogP contribution >= 0.6 is 0 Å². The Labute approximate surface area is 230 Å². The highest BCUT2D eigenvalue weighted by atomic mass is 16.5. The third kappa shape index (κ3) is 6.84. The average Bonchev–Trinajstić information content (AvgIpc) is 2.97. The highest BCUT2D eigenvalue weighted by Gasteiger charge is 2.23. The first-order chi connectivity index (χ1) is 19.1. The van der Waals surface area contributed by atoms with Crippen molar-refractivity contribution in [2.45, 2.75) is 33.1 Å². The molecule has 39 heavy (non-hydrogen) atoms. The first kappa shape index (κ1) is 26.4. The van der Waals surface area contributed by atoms with Gasteiger partial charge in [0.25, 0.3) is 0 Å². The fraction of sp³-hybridized carbons (Fsp3) is 0.273. The fourth-order valence-electron chi connectivity index (χ4n) is 4.86. The summed E-state index contributed by atoms with van der Waals surface area (Å²) in [4.78, 5) is 21.7. The van der Waals surface area contributed by atoms with Gasteiger partial charge in [-0.15, -0.1) is 0 Å². The second-order valence-corrected chi connectivity index (χ2v) is 10.0. The quantitative estimate of drug-likeness (QED) is 0.244. The number of hydrogen-bond acceptors (Lipinski definition) is 6. The highest BCUT2D eigenvalue weighted by molar-refractivity contribution is 5.94. The average molecular weight is 522 g/mol. The van der Waals surface area contributed by atoms with Crippen LogP contribution in [0.2, 0.25) is 0 Å². The summed E-state index contributed by atoms with van der Waals surface area (Å²) in [6, 6.07) is 30.8. The molecule has 1 aromatic heterocycles. The second-order valence-electron chi connectivity index (χ2n) is 10.0. The molecule has 3 aromatic carbocycles. The number of aromatic nitrogens is 1. The number of anilines is 1. The highest BCUT2D eigenvalue weighted by Crippen LogP contribution is 2.25. The fourth-order valence-corrected chi connectivity index (χ4v) is 4.86. The van der Waals surface area contributed by atoms with Crippen molar-refractivity contribution in [1.82, 2.24) is 9.88 Å². The van der Waals surface area contributed by atoms with Crippen molar-refractivity contribution < 1.29 is 14.3 Å². The molecule has 1 fully saturated rings. The largest absolute Gasteiger partial charge is 0.489 e. The van der Waals surface area contributed by atoms with Crippen LogP contribution in [-0.4, -0.2) is 48.1 Å². The van der Waals surface area contributed by atoms with Crippen molar-refractivity contribution in [3.8, 4) is 16.9 Å². The lowest BCUT2D eigenvalue weighted by atomic mass is 10.0. The van der Waals surface area contributed by atoms with Gasteiger partial charge in [0, 0.05) is 38.9 Å². The Morgan fingerprint density at radius 1 is 0.846 bits per heavy atom. The molecule has 0 saturated carbocycles. The Bertz CT molecular complexity index is 1360. The van der Waals surface area contributed by atoms with Crippen LogP contribution in [-0.2, 0) is 17.9 Å². The predicted molar refractivity (Wildman–Crippen MR) is 155 cm³/mol. The lowest BCUT2D eigenvalue weighted by molar-refractivity contribution is 0.0378. The molecule has 6 nitrogen and oxygen atoms in total. The summed E-state index contributed by atoms with van der Waals surface area (Å²) in [6.45, 7) is 8.50. The number of piperazine rings is 1. The molecule has 200 valence electrons. The maximum absolute atomic E-state index is 12.6. The van der Waals surface area contributed by atoms with Crippen molar-refractivity contribution >= 4 is 11.8 Å². The van der Waals surface area contributed by atoms with Gasteiger partial charge < -0.3 is 14.4 Å². The minimum atomic E-state index is -0.318. The number of carbonyl (C=O) groups is 1. The molecule has 2 heterocycles. The molecular formula is C33H35N3O3. The molecule has 0 radical (unpaired) electrons. The standard InChI is InChI=1S/C33H35N3O3/c1-25(2)39-33(37)31-13-8-18-34-32(31)36-21-19-35(20-22-36)23-26-14-16-29(17-15-26)38-24-28-11-6-7-12-30(28)27-9-4-3-5-10-27/h3-18,25H,19-24H2,1-2H3. The van der Waals surface area contributed by atoms with E-state index >= 15 is 0 Å². The van der Waals surface area contributed by atoms with E-state index in [4.69, 9.17) is 9.47 Å². The molecule has 1 saturated heterocycles. The number of carbonyl (C=O) groups excluding carboxylic acids is 1. The van der Waals surface area contributed by atoms with Crippen LogP contribution in [0.25, 0.3) is 11.1 Å². The van der Waals surface area contributed by atoms with Crippen molar-refractivity contribution in [1.29, 1.82) is 0 Å². The normalized spacial score (nSPS) is 13.9. The van der Waals surface area contributed by atoms with E-state index in [2.05, 4.69) is 87.6 Å². The van der Waals surface area contributed by atoms with E-state index in [0.717, 1.165) is 38.5 Å². The second kappa shape index (κ2) is 12.6. The molecule has 0 spiro atoms. The van der Waals surface area contributed by atoms with E-state index in [9.17, 15) is 4.79 Å². The Morgan fingerprint density at radius 2 is 1.56 bits per heavy atom. The monoisotopic (exact) mass is 521 g/mol. The lowest BCUT2D eigenvalue weighted by Gasteiger charge is -2.36. The minimum Gasteiger partial charge on any atom is -0.489 e. The summed E-state index contributed by atoms with van der Waals surface area (Å²) >= 11 is 0. The predicted octanol–water partition coefficient (Wildman–Crippen LogP) is 6.22. The van der Waals surface area contributed by atoms with Crippen LogP contribution < -0.4 is 9.64 Å².